The van der Waals surface area contributed by atoms with Gasteiger partial charge in [-0.05, 0) is 67.3 Å². The van der Waals surface area contributed by atoms with Crippen molar-refractivity contribution in [1.29, 1.82) is 0 Å². The summed E-state index contributed by atoms with van der Waals surface area (Å²) in [7, 11) is 0. The molecule has 160 valence electrons. The third kappa shape index (κ3) is 3.90. The molecule has 0 unspecified atom stereocenters. The molecule has 0 saturated carbocycles. The number of hydrogen-bond acceptors (Lipinski definition) is 4. The van der Waals surface area contributed by atoms with E-state index in [4.69, 9.17) is 9.47 Å². The Kier molecular flexibility index (Phi) is 5.49. The molecule has 0 radical (unpaired) electrons. The molecule has 2 aliphatic rings. The minimum absolute atomic E-state index is 0.151. The molecule has 0 bridgehead atoms. The number of anilines is 1. The van der Waals surface area contributed by atoms with E-state index in [2.05, 4.69) is 4.90 Å². The molecule has 0 aliphatic carbocycles. The summed E-state index contributed by atoms with van der Waals surface area (Å²) in [4.78, 5) is 14.3. The first-order chi connectivity index (χ1) is 14.3. The molecule has 2 aromatic rings. The molecule has 1 saturated heterocycles. The second-order valence-electron chi connectivity index (χ2n) is 7.89. The highest BCUT2D eigenvalue weighted by molar-refractivity contribution is 5.89. The lowest BCUT2D eigenvalue weighted by atomic mass is 9.69. The first-order valence-electron chi connectivity index (χ1n) is 10.1. The molecular formula is C23H24F3NO3. The van der Waals surface area contributed by atoms with Gasteiger partial charge in [-0.3, -0.25) is 0 Å². The van der Waals surface area contributed by atoms with Crippen molar-refractivity contribution < 1.29 is 27.4 Å². The Hall–Kier alpha value is -2.54. The Morgan fingerprint density at radius 3 is 2.47 bits per heavy atom. The normalized spacial score (nSPS) is 18.2. The smallest absolute Gasteiger partial charge is 0.416 e. The molecule has 0 N–H and O–H groups in total. The molecule has 0 aromatic heterocycles. The van der Waals surface area contributed by atoms with Crippen LogP contribution in [0.5, 0.6) is 0 Å². The van der Waals surface area contributed by atoms with Gasteiger partial charge in [0.2, 0.25) is 0 Å². The minimum Gasteiger partial charge on any atom is -0.462 e. The average Bonchev–Trinajstić information content (AvgIpc) is 2.73. The molecular weight excluding hydrogens is 395 g/mol. The van der Waals surface area contributed by atoms with E-state index in [9.17, 15) is 18.0 Å². The number of carbonyl (C=O) groups is 1. The predicted molar refractivity (Wildman–Crippen MR) is 107 cm³/mol. The van der Waals surface area contributed by atoms with Crippen molar-refractivity contribution in [2.45, 2.75) is 37.9 Å². The Morgan fingerprint density at radius 2 is 1.83 bits per heavy atom. The van der Waals surface area contributed by atoms with Crippen molar-refractivity contribution in [3.63, 3.8) is 0 Å². The van der Waals surface area contributed by atoms with Gasteiger partial charge in [0.25, 0.3) is 0 Å². The van der Waals surface area contributed by atoms with E-state index in [-0.39, 0.29) is 11.4 Å². The summed E-state index contributed by atoms with van der Waals surface area (Å²) < 4.78 is 49.6. The van der Waals surface area contributed by atoms with Crippen LogP contribution in [0.15, 0.2) is 42.5 Å². The lowest BCUT2D eigenvalue weighted by Gasteiger charge is -2.47. The van der Waals surface area contributed by atoms with Crippen LogP contribution in [0.25, 0.3) is 0 Å². The fraction of sp³-hybridized carbons (Fsp3) is 0.435. The Balaban J connectivity index is 1.70. The number of rotatable bonds is 3. The lowest BCUT2D eigenvalue weighted by Crippen LogP contribution is -2.49. The molecule has 1 fully saturated rings. The number of carbonyl (C=O) groups excluding carboxylic acids is 1. The number of nitrogens with zero attached hydrogens (tertiary/aromatic N) is 1. The average molecular weight is 419 g/mol. The number of esters is 1. The van der Waals surface area contributed by atoms with E-state index in [1.165, 1.54) is 17.7 Å². The molecule has 7 heteroatoms. The highest BCUT2D eigenvalue weighted by Crippen LogP contribution is 2.43. The molecule has 2 aromatic carbocycles. The van der Waals surface area contributed by atoms with Crippen molar-refractivity contribution in [1.82, 2.24) is 0 Å². The maximum atomic E-state index is 13.0. The summed E-state index contributed by atoms with van der Waals surface area (Å²) in [6, 6.07) is 11.0. The Bertz CT molecular complexity index is 918. The van der Waals surface area contributed by atoms with Gasteiger partial charge in [0.05, 0.1) is 17.7 Å². The van der Waals surface area contributed by atoms with Crippen molar-refractivity contribution in [2.24, 2.45) is 0 Å². The minimum atomic E-state index is -4.36. The van der Waals surface area contributed by atoms with E-state index in [0.717, 1.165) is 36.2 Å². The van der Waals surface area contributed by atoms with Crippen LogP contribution in [0.3, 0.4) is 0 Å². The number of halogens is 3. The summed E-state index contributed by atoms with van der Waals surface area (Å²) in [6.45, 7) is 4.57. The van der Waals surface area contributed by atoms with Crippen LogP contribution < -0.4 is 4.90 Å². The summed E-state index contributed by atoms with van der Waals surface area (Å²) in [6.07, 6.45) is -2.70. The Labute approximate surface area is 173 Å². The topological polar surface area (TPSA) is 38.8 Å². The molecule has 4 rings (SSSR count). The molecule has 1 spiro atoms. The van der Waals surface area contributed by atoms with Gasteiger partial charge < -0.3 is 14.4 Å². The summed E-state index contributed by atoms with van der Waals surface area (Å²) >= 11 is 0. The zero-order chi connectivity index (χ0) is 21.4. The fourth-order valence-corrected chi connectivity index (χ4v) is 4.53. The van der Waals surface area contributed by atoms with Crippen LogP contribution in [0, 0.1) is 0 Å². The summed E-state index contributed by atoms with van der Waals surface area (Å²) in [5.41, 5.74) is 2.62. The van der Waals surface area contributed by atoms with Gasteiger partial charge in [0.15, 0.2) is 0 Å². The third-order valence-corrected chi connectivity index (χ3v) is 6.05. The quantitative estimate of drug-likeness (QED) is 0.660. The number of alkyl halides is 3. The predicted octanol–water partition coefficient (Wildman–Crippen LogP) is 4.95. The summed E-state index contributed by atoms with van der Waals surface area (Å²) in [5.74, 6) is -0.368. The van der Waals surface area contributed by atoms with Crippen molar-refractivity contribution >= 4 is 11.7 Å². The molecule has 0 amide bonds. The van der Waals surface area contributed by atoms with E-state index in [1.807, 2.05) is 18.2 Å². The van der Waals surface area contributed by atoms with E-state index >= 15 is 0 Å². The van der Waals surface area contributed by atoms with Crippen LogP contribution in [-0.2, 0) is 27.6 Å². The number of ether oxygens (including phenoxy) is 2. The van der Waals surface area contributed by atoms with Crippen LogP contribution in [0.2, 0.25) is 0 Å². The highest BCUT2D eigenvalue weighted by atomic mass is 19.4. The maximum absolute atomic E-state index is 13.0. The third-order valence-electron chi connectivity index (χ3n) is 6.05. The van der Waals surface area contributed by atoms with Gasteiger partial charge in [-0.25, -0.2) is 4.79 Å². The van der Waals surface area contributed by atoms with Crippen LogP contribution in [0.1, 0.15) is 46.8 Å². The van der Waals surface area contributed by atoms with Crippen molar-refractivity contribution in [3.8, 4) is 0 Å². The molecule has 2 aliphatic heterocycles. The zero-order valence-electron chi connectivity index (χ0n) is 16.8. The van der Waals surface area contributed by atoms with E-state index in [0.29, 0.717) is 38.5 Å². The maximum Gasteiger partial charge on any atom is 0.416 e. The van der Waals surface area contributed by atoms with Gasteiger partial charge in [-0.2, -0.15) is 13.2 Å². The van der Waals surface area contributed by atoms with E-state index < -0.39 is 11.7 Å². The van der Waals surface area contributed by atoms with Gasteiger partial charge >= 0.3 is 12.1 Å². The van der Waals surface area contributed by atoms with Crippen molar-refractivity contribution in [3.05, 3.63) is 64.7 Å². The highest BCUT2D eigenvalue weighted by Gasteiger charge is 2.41. The van der Waals surface area contributed by atoms with Gasteiger partial charge in [0, 0.05) is 37.4 Å². The standard InChI is InChI=1S/C23H24F3NO3/c1-2-30-21(28)16-3-8-20-17(13-16)14-27(15-22(20)9-11-29-12-10-22)19-6-4-18(5-7-19)23(24,25)26/h3-8,13H,2,9-12,14-15H2,1H3. The first-order valence-corrected chi connectivity index (χ1v) is 10.1. The molecule has 2 heterocycles. The number of benzene rings is 2. The first kappa shape index (κ1) is 20.7. The molecule has 4 nitrogen and oxygen atoms in total. The monoisotopic (exact) mass is 419 g/mol. The number of hydrogen-bond donors (Lipinski definition) is 0. The second-order valence-corrected chi connectivity index (χ2v) is 7.89. The lowest BCUT2D eigenvalue weighted by molar-refractivity contribution is -0.137. The van der Waals surface area contributed by atoms with Crippen molar-refractivity contribution in [2.75, 3.05) is 31.3 Å². The molecule has 0 atom stereocenters. The Morgan fingerprint density at radius 1 is 1.13 bits per heavy atom. The molecule has 30 heavy (non-hydrogen) atoms. The fourth-order valence-electron chi connectivity index (χ4n) is 4.53. The van der Waals surface area contributed by atoms with Gasteiger partial charge in [-0.15, -0.1) is 0 Å². The summed E-state index contributed by atoms with van der Waals surface area (Å²) in [5, 5.41) is 0. The van der Waals surface area contributed by atoms with Gasteiger partial charge in [0.1, 0.15) is 0 Å². The zero-order valence-corrected chi connectivity index (χ0v) is 16.8. The second kappa shape index (κ2) is 7.95. The van der Waals surface area contributed by atoms with E-state index in [1.54, 1.807) is 6.92 Å². The van der Waals surface area contributed by atoms with Gasteiger partial charge in [-0.1, -0.05) is 6.07 Å². The largest absolute Gasteiger partial charge is 0.462 e. The van der Waals surface area contributed by atoms with Crippen LogP contribution in [-0.4, -0.2) is 32.3 Å². The SMILES string of the molecule is CCOC(=O)c1ccc2c(c1)CN(c1ccc(C(F)(F)F)cc1)CC21CCOCC1. The number of fused-ring (bicyclic) bond motifs is 2. The van der Waals surface area contributed by atoms with Crippen LogP contribution in [0.4, 0.5) is 18.9 Å². The van der Waals surface area contributed by atoms with Crippen LogP contribution >= 0.6 is 0 Å².